The summed E-state index contributed by atoms with van der Waals surface area (Å²) in [5.74, 6) is 0. The van der Waals surface area contributed by atoms with Gasteiger partial charge in [0.25, 0.3) is 0 Å². The molecule has 1 aliphatic heterocycles. The summed E-state index contributed by atoms with van der Waals surface area (Å²) in [5.41, 5.74) is -0.308. The molecule has 6 nitrogen and oxygen atoms in total. The maximum absolute atomic E-state index is 12.6. The van der Waals surface area contributed by atoms with E-state index in [2.05, 4.69) is 13.8 Å². The smallest absolute Gasteiger partial charge is 0.317 e. The van der Waals surface area contributed by atoms with Crippen molar-refractivity contribution < 1.29 is 10.2 Å². The van der Waals surface area contributed by atoms with E-state index in [1.54, 1.807) is 10.6 Å². The zero-order chi connectivity index (χ0) is 17.9. The van der Waals surface area contributed by atoms with Crippen LogP contribution >= 0.6 is 0 Å². The fourth-order valence-corrected chi connectivity index (χ4v) is 3.34. The third-order valence-corrected chi connectivity index (χ3v) is 5.11. The maximum atomic E-state index is 12.6. The van der Waals surface area contributed by atoms with E-state index in [0.29, 0.717) is 12.1 Å². The summed E-state index contributed by atoms with van der Waals surface area (Å²) in [6.45, 7) is 7.57. The van der Waals surface area contributed by atoms with Gasteiger partial charge >= 0.3 is 11.1 Å². The van der Waals surface area contributed by atoms with Crippen LogP contribution in [0.2, 0.25) is 0 Å². The van der Waals surface area contributed by atoms with Crippen LogP contribution in [0.1, 0.15) is 39.7 Å². The number of nitrogens with zero attached hydrogens (tertiary/aromatic N) is 2. The molecule has 2 N–H and O–H groups in total. The lowest BCUT2D eigenvalue weighted by Crippen LogP contribution is -2.48. The summed E-state index contributed by atoms with van der Waals surface area (Å²) in [6, 6.07) is 5.64. The van der Waals surface area contributed by atoms with Gasteiger partial charge in [-0.1, -0.05) is 26.0 Å². The predicted octanol–water partition coefficient (Wildman–Crippen LogP) is 0.976. The number of para-hydroxylation sites is 1. The molecule has 1 aromatic carbocycles. The minimum absolute atomic E-state index is 0.0942. The molecule has 1 atom stereocenters. The Balaban J connectivity index is 2.34. The van der Waals surface area contributed by atoms with Crippen LogP contribution in [0, 0.1) is 0 Å². The molecule has 6 heteroatoms. The van der Waals surface area contributed by atoms with Crippen molar-refractivity contribution in [2.75, 3.05) is 0 Å². The summed E-state index contributed by atoms with van der Waals surface area (Å²) in [4.78, 5) is 25.1. The average Bonchev–Trinajstić information content (AvgIpc) is 2.49. The molecule has 0 saturated heterocycles. The van der Waals surface area contributed by atoms with E-state index in [9.17, 15) is 19.8 Å². The van der Waals surface area contributed by atoms with Crippen molar-refractivity contribution in [1.82, 2.24) is 9.13 Å². The van der Waals surface area contributed by atoms with Gasteiger partial charge in [-0.25, -0.2) is 0 Å². The molecule has 130 valence electrons. The van der Waals surface area contributed by atoms with Crippen molar-refractivity contribution >= 4 is 11.0 Å². The highest BCUT2D eigenvalue weighted by atomic mass is 16.3. The first-order valence-corrected chi connectivity index (χ1v) is 8.21. The highest BCUT2D eigenvalue weighted by Gasteiger charge is 2.32. The SMILES string of the molecule is CC1(C)CCn2c(=O)c(=O)n(CC(O)C(C)(C)O)c3cccc1c32. The van der Waals surface area contributed by atoms with Gasteiger partial charge < -0.3 is 14.8 Å². The first-order valence-electron chi connectivity index (χ1n) is 8.21. The zero-order valence-corrected chi connectivity index (χ0v) is 14.5. The van der Waals surface area contributed by atoms with Gasteiger partial charge in [0, 0.05) is 6.54 Å². The molecule has 3 rings (SSSR count). The number of hydrogen-bond donors (Lipinski definition) is 2. The van der Waals surface area contributed by atoms with Crippen LogP contribution in [-0.2, 0) is 18.5 Å². The van der Waals surface area contributed by atoms with Gasteiger partial charge in [-0.05, 0) is 37.3 Å². The molecular formula is C18H24N2O4. The van der Waals surface area contributed by atoms with Crippen molar-refractivity contribution in [3.05, 3.63) is 44.5 Å². The minimum Gasteiger partial charge on any atom is -0.388 e. The molecule has 1 aliphatic rings. The third kappa shape index (κ3) is 2.50. The number of aliphatic hydroxyl groups excluding tert-OH is 1. The van der Waals surface area contributed by atoms with Gasteiger partial charge in [-0.3, -0.25) is 14.2 Å². The number of rotatable bonds is 3. The lowest BCUT2D eigenvalue weighted by atomic mass is 9.78. The lowest BCUT2D eigenvalue weighted by Gasteiger charge is -2.34. The number of aliphatic hydroxyl groups is 2. The number of hydrogen-bond acceptors (Lipinski definition) is 4. The summed E-state index contributed by atoms with van der Waals surface area (Å²) in [6.07, 6.45) is -0.373. The van der Waals surface area contributed by atoms with E-state index in [4.69, 9.17) is 0 Å². The third-order valence-electron chi connectivity index (χ3n) is 5.11. The Bertz CT molecular complexity index is 915. The second-order valence-electron chi connectivity index (χ2n) is 7.85. The van der Waals surface area contributed by atoms with Gasteiger partial charge in [-0.15, -0.1) is 0 Å². The predicted molar refractivity (Wildman–Crippen MR) is 92.4 cm³/mol. The van der Waals surface area contributed by atoms with Gasteiger partial charge in [0.1, 0.15) is 6.10 Å². The summed E-state index contributed by atoms with van der Waals surface area (Å²) in [5, 5.41) is 20.2. The Kier molecular flexibility index (Phi) is 3.73. The van der Waals surface area contributed by atoms with Gasteiger partial charge in [0.15, 0.2) is 0 Å². The van der Waals surface area contributed by atoms with Gasteiger partial charge in [0.2, 0.25) is 0 Å². The minimum atomic E-state index is -1.37. The summed E-state index contributed by atoms with van der Waals surface area (Å²) < 4.78 is 2.84. The van der Waals surface area contributed by atoms with Gasteiger partial charge in [0.05, 0.1) is 23.2 Å². The quantitative estimate of drug-likeness (QED) is 0.821. The molecule has 0 fully saturated rings. The average molecular weight is 332 g/mol. The van der Waals surface area contributed by atoms with E-state index < -0.39 is 22.8 Å². The Morgan fingerprint density at radius 3 is 2.54 bits per heavy atom. The highest BCUT2D eigenvalue weighted by Crippen LogP contribution is 2.36. The van der Waals surface area contributed by atoms with Crippen LogP contribution in [-0.4, -0.2) is 31.1 Å². The second-order valence-corrected chi connectivity index (χ2v) is 7.85. The largest absolute Gasteiger partial charge is 0.388 e. The fourth-order valence-electron chi connectivity index (χ4n) is 3.34. The highest BCUT2D eigenvalue weighted by molar-refractivity contribution is 5.81. The van der Waals surface area contributed by atoms with E-state index >= 15 is 0 Å². The van der Waals surface area contributed by atoms with Crippen molar-refractivity contribution in [2.24, 2.45) is 0 Å². The van der Waals surface area contributed by atoms with Crippen LogP contribution in [0.25, 0.3) is 11.0 Å². The Labute approximate surface area is 140 Å². The monoisotopic (exact) mass is 332 g/mol. The molecule has 2 aromatic rings. The molecular weight excluding hydrogens is 308 g/mol. The summed E-state index contributed by atoms with van der Waals surface area (Å²) in [7, 11) is 0. The van der Waals surface area contributed by atoms with Crippen LogP contribution < -0.4 is 11.1 Å². The molecule has 0 spiro atoms. The van der Waals surface area contributed by atoms with E-state index in [0.717, 1.165) is 17.5 Å². The second kappa shape index (κ2) is 5.29. The van der Waals surface area contributed by atoms with Crippen molar-refractivity contribution in [3.8, 4) is 0 Å². The van der Waals surface area contributed by atoms with Crippen molar-refractivity contribution in [1.29, 1.82) is 0 Å². The maximum Gasteiger partial charge on any atom is 0.317 e. The first kappa shape index (κ1) is 16.9. The number of benzene rings is 1. The Hall–Kier alpha value is -1.92. The number of aromatic nitrogens is 2. The molecule has 2 heterocycles. The lowest BCUT2D eigenvalue weighted by molar-refractivity contribution is -0.0551. The van der Waals surface area contributed by atoms with Gasteiger partial charge in [-0.2, -0.15) is 0 Å². The topological polar surface area (TPSA) is 84.5 Å². The van der Waals surface area contributed by atoms with Crippen LogP contribution in [0.5, 0.6) is 0 Å². The molecule has 0 aliphatic carbocycles. The van der Waals surface area contributed by atoms with E-state index in [-0.39, 0.29) is 12.0 Å². The zero-order valence-electron chi connectivity index (χ0n) is 14.5. The molecule has 24 heavy (non-hydrogen) atoms. The normalized spacial score (nSPS) is 17.9. The fraction of sp³-hybridized carbons (Fsp3) is 0.556. The molecule has 1 aromatic heterocycles. The number of aryl methyl sites for hydroxylation is 1. The van der Waals surface area contributed by atoms with Crippen LogP contribution in [0.4, 0.5) is 0 Å². The van der Waals surface area contributed by atoms with Crippen molar-refractivity contribution in [3.63, 3.8) is 0 Å². The summed E-state index contributed by atoms with van der Waals surface area (Å²) >= 11 is 0. The molecule has 0 bridgehead atoms. The van der Waals surface area contributed by atoms with Crippen LogP contribution in [0.15, 0.2) is 27.8 Å². The standard InChI is InChI=1S/C18H24N2O4/c1-17(2)8-9-19-14-11(17)6-5-7-12(14)20(16(23)15(19)22)10-13(21)18(3,4)24/h5-7,13,21,24H,8-10H2,1-4H3. The molecule has 0 saturated carbocycles. The van der Waals surface area contributed by atoms with E-state index in [1.807, 2.05) is 12.1 Å². The van der Waals surface area contributed by atoms with E-state index in [1.165, 1.54) is 18.4 Å². The van der Waals surface area contributed by atoms with Crippen LogP contribution in [0.3, 0.4) is 0 Å². The Morgan fingerprint density at radius 1 is 1.25 bits per heavy atom. The Morgan fingerprint density at radius 2 is 1.92 bits per heavy atom. The first-order chi connectivity index (χ1) is 11.0. The molecule has 1 unspecified atom stereocenters. The molecule has 0 radical (unpaired) electrons. The van der Waals surface area contributed by atoms with Crippen molar-refractivity contribution in [2.45, 2.75) is 64.3 Å². The molecule has 0 amide bonds.